The monoisotopic (exact) mass is 318 g/mol. The summed E-state index contributed by atoms with van der Waals surface area (Å²) in [5.74, 6) is -1.33. The molecule has 0 bridgehead atoms. The number of carbonyl (C=O) groups excluding carboxylic acids is 3. The summed E-state index contributed by atoms with van der Waals surface area (Å²) in [7, 11) is 0. The van der Waals surface area contributed by atoms with E-state index in [1.54, 1.807) is 6.92 Å². The van der Waals surface area contributed by atoms with Gasteiger partial charge in [0.25, 0.3) is 0 Å². The number of rotatable bonds is 3. The van der Waals surface area contributed by atoms with E-state index in [0.29, 0.717) is 5.13 Å². The third-order valence-electron chi connectivity index (χ3n) is 3.48. The lowest BCUT2D eigenvalue weighted by Gasteiger charge is -2.28. The molecule has 2 atom stereocenters. The number of imide groups is 1. The number of para-hydroxylation sites is 1. The first-order valence-corrected chi connectivity index (χ1v) is 7.61. The minimum Gasteiger partial charge on any atom is -0.335 e. The molecule has 1 saturated heterocycles. The van der Waals surface area contributed by atoms with Crippen LogP contribution < -0.4 is 16.0 Å². The first-order valence-electron chi connectivity index (χ1n) is 6.80. The lowest BCUT2D eigenvalue weighted by Crippen LogP contribution is -2.57. The van der Waals surface area contributed by atoms with Crippen molar-refractivity contribution in [1.29, 1.82) is 0 Å². The molecule has 2 unspecified atom stereocenters. The number of benzene rings is 1. The van der Waals surface area contributed by atoms with E-state index in [1.807, 2.05) is 24.3 Å². The largest absolute Gasteiger partial charge is 0.335 e. The zero-order valence-electron chi connectivity index (χ0n) is 11.8. The molecule has 4 amide bonds. The number of thiazole rings is 1. The van der Waals surface area contributed by atoms with Crippen molar-refractivity contribution in [3.8, 4) is 0 Å². The second kappa shape index (κ2) is 5.72. The molecule has 0 spiro atoms. The first kappa shape index (κ1) is 14.5. The van der Waals surface area contributed by atoms with Crippen LogP contribution in [-0.2, 0) is 9.59 Å². The van der Waals surface area contributed by atoms with Crippen LogP contribution in [0.2, 0.25) is 0 Å². The van der Waals surface area contributed by atoms with Crippen LogP contribution in [0.1, 0.15) is 13.3 Å². The average molecular weight is 318 g/mol. The Morgan fingerprint density at radius 3 is 2.86 bits per heavy atom. The van der Waals surface area contributed by atoms with Gasteiger partial charge in [0.2, 0.25) is 11.8 Å². The summed E-state index contributed by atoms with van der Waals surface area (Å²) >= 11 is 1.38. The minimum absolute atomic E-state index is 0.0107. The molecule has 0 saturated carbocycles. The number of anilines is 1. The molecule has 1 aliphatic heterocycles. The Morgan fingerprint density at radius 1 is 1.36 bits per heavy atom. The first-order chi connectivity index (χ1) is 10.5. The Morgan fingerprint density at radius 2 is 2.14 bits per heavy atom. The molecular formula is C14H14N4O3S. The third-order valence-corrected chi connectivity index (χ3v) is 4.43. The molecule has 1 aromatic carbocycles. The summed E-state index contributed by atoms with van der Waals surface area (Å²) in [5.41, 5.74) is 0.818. The van der Waals surface area contributed by atoms with Gasteiger partial charge in [0.15, 0.2) is 5.13 Å². The number of hydrogen-bond donors (Lipinski definition) is 3. The SMILES string of the molecule is CC1NC(=O)NC(=O)C1CC(=O)Nc1nc2ccccc2s1. The highest BCUT2D eigenvalue weighted by atomic mass is 32.1. The lowest BCUT2D eigenvalue weighted by atomic mass is 9.94. The number of aromatic nitrogens is 1. The quantitative estimate of drug-likeness (QED) is 0.798. The standard InChI is InChI=1S/C14H14N4O3S/c1-7-8(12(20)18-13(21)15-7)6-11(19)17-14-16-9-4-2-3-5-10(9)22-14/h2-5,7-8H,6H2,1H3,(H,16,17,19)(H2,15,18,20,21). The molecule has 3 N–H and O–H groups in total. The van der Waals surface area contributed by atoms with Gasteiger partial charge in [0, 0.05) is 12.5 Å². The normalized spacial score (nSPS) is 21.3. The highest BCUT2D eigenvalue weighted by Crippen LogP contribution is 2.25. The maximum absolute atomic E-state index is 12.1. The lowest BCUT2D eigenvalue weighted by molar-refractivity contribution is -0.129. The van der Waals surface area contributed by atoms with Crippen LogP contribution in [0.3, 0.4) is 0 Å². The summed E-state index contributed by atoms with van der Waals surface area (Å²) in [6.45, 7) is 1.70. The molecule has 0 aliphatic carbocycles. The molecule has 1 fully saturated rings. The van der Waals surface area contributed by atoms with Crippen LogP contribution in [0.25, 0.3) is 10.2 Å². The second-order valence-corrected chi connectivity index (χ2v) is 6.13. The molecule has 2 aromatic rings. The van der Waals surface area contributed by atoms with Gasteiger partial charge >= 0.3 is 6.03 Å². The van der Waals surface area contributed by atoms with E-state index in [2.05, 4.69) is 20.9 Å². The van der Waals surface area contributed by atoms with Gasteiger partial charge in [0.05, 0.1) is 16.1 Å². The minimum atomic E-state index is -0.591. The van der Waals surface area contributed by atoms with Crippen molar-refractivity contribution in [2.45, 2.75) is 19.4 Å². The maximum Gasteiger partial charge on any atom is 0.321 e. The van der Waals surface area contributed by atoms with E-state index in [1.165, 1.54) is 11.3 Å². The van der Waals surface area contributed by atoms with Gasteiger partial charge in [-0.2, -0.15) is 0 Å². The molecule has 0 radical (unpaired) electrons. The van der Waals surface area contributed by atoms with Gasteiger partial charge in [-0.15, -0.1) is 0 Å². The van der Waals surface area contributed by atoms with Crippen LogP contribution in [0.4, 0.5) is 9.93 Å². The molecule has 114 valence electrons. The van der Waals surface area contributed by atoms with Crippen LogP contribution in [0.5, 0.6) is 0 Å². The number of urea groups is 1. The molecule has 1 aliphatic rings. The Bertz CT molecular complexity index is 724. The average Bonchev–Trinajstić information content (AvgIpc) is 2.84. The van der Waals surface area contributed by atoms with E-state index in [9.17, 15) is 14.4 Å². The summed E-state index contributed by atoms with van der Waals surface area (Å²) < 4.78 is 0.980. The van der Waals surface area contributed by atoms with Gasteiger partial charge in [0.1, 0.15) is 0 Å². The van der Waals surface area contributed by atoms with Gasteiger partial charge in [-0.05, 0) is 19.1 Å². The zero-order valence-corrected chi connectivity index (χ0v) is 12.6. The summed E-state index contributed by atoms with van der Waals surface area (Å²) in [4.78, 5) is 39.3. The highest BCUT2D eigenvalue weighted by Gasteiger charge is 2.34. The van der Waals surface area contributed by atoms with Crippen molar-refractivity contribution in [1.82, 2.24) is 15.6 Å². The Hall–Kier alpha value is -2.48. The van der Waals surface area contributed by atoms with Gasteiger partial charge in [-0.3, -0.25) is 14.9 Å². The fraction of sp³-hybridized carbons (Fsp3) is 0.286. The summed E-state index contributed by atoms with van der Waals surface area (Å²) in [6, 6.07) is 6.66. The van der Waals surface area contributed by atoms with Crippen LogP contribution in [-0.4, -0.2) is 28.9 Å². The highest BCUT2D eigenvalue weighted by molar-refractivity contribution is 7.22. The van der Waals surface area contributed by atoms with Crippen molar-refractivity contribution >= 4 is 44.5 Å². The van der Waals surface area contributed by atoms with E-state index in [-0.39, 0.29) is 18.4 Å². The predicted octanol–water partition coefficient (Wildman–Crippen LogP) is 1.47. The van der Waals surface area contributed by atoms with E-state index >= 15 is 0 Å². The smallest absolute Gasteiger partial charge is 0.321 e. The molecular weight excluding hydrogens is 304 g/mol. The van der Waals surface area contributed by atoms with Crippen LogP contribution >= 0.6 is 11.3 Å². The fourth-order valence-corrected chi connectivity index (χ4v) is 3.22. The van der Waals surface area contributed by atoms with Crippen LogP contribution in [0.15, 0.2) is 24.3 Å². The number of fused-ring (bicyclic) bond motifs is 1. The summed E-state index contributed by atoms with van der Waals surface area (Å²) in [5, 5.41) is 7.96. The molecule has 1 aromatic heterocycles. The number of hydrogen-bond acceptors (Lipinski definition) is 5. The zero-order chi connectivity index (χ0) is 15.7. The van der Waals surface area contributed by atoms with Crippen molar-refractivity contribution in [3.05, 3.63) is 24.3 Å². The van der Waals surface area contributed by atoms with Crippen molar-refractivity contribution in [2.24, 2.45) is 5.92 Å². The van der Waals surface area contributed by atoms with Crippen molar-refractivity contribution in [2.75, 3.05) is 5.32 Å². The number of nitrogens with zero attached hydrogens (tertiary/aromatic N) is 1. The van der Waals surface area contributed by atoms with E-state index in [0.717, 1.165) is 10.2 Å². The number of nitrogens with one attached hydrogen (secondary N) is 3. The molecule has 8 heteroatoms. The van der Waals surface area contributed by atoms with E-state index < -0.39 is 17.9 Å². The number of amides is 4. The van der Waals surface area contributed by atoms with Gasteiger partial charge in [-0.1, -0.05) is 23.5 Å². The maximum atomic E-state index is 12.1. The topological polar surface area (TPSA) is 100 Å². The Labute approximate surface area is 130 Å². The number of carbonyl (C=O) groups is 3. The van der Waals surface area contributed by atoms with Gasteiger partial charge in [-0.25, -0.2) is 9.78 Å². The molecule has 22 heavy (non-hydrogen) atoms. The Kier molecular flexibility index (Phi) is 3.76. The predicted molar refractivity (Wildman–Crippen MR) is 82.5 cm³/mol. The van der Waals surface area contributed by atoms with Crippen LogP contribution in [0, 0.1) is 5.92 Å². The van der Waals surface area contributed by atoms with E-state index in [4.69, 9.17) is 0 Å². The molecule has 2 heterocycles. The Balaban J connectivity index is 1.67. The second-order valence-electron chi connectivity index (χ2n) is 5.10. The fourth-order valence-electron chi connectivity index (χ4n) is 2.34. The van der Waals surface area contributed by atoms with Crippen molar-refractivity contribution < 1.29 is 14.4 Å². The van der Waals surface area contributed by atoms with Crippen molar-refractivity contribution in [3.63, 3.8) is 0 Å². The molecule has 7 nitrogen and oxygen atoms in total. The third kappa shape index (κ3) is 2.91. The summed E-state index contributed by atoms with van der Waals surface area (Å²) in [6.07, 6.45) is -0.0107. The van der Waals surface area contributed by atoms with Gasteiger partial charge < -0.3 is 10.6 Å². The molecule has 3 rings (SSSR count).